The zero-order valence-electron chi connectivity index (χ0n) is 12.7. The molecule has 0 saturated carbocycles. The van der Waals surface area contributed by atoms with E-state index in [1.165, 1.54) is 6.33 Å². The molecule has 1 heterocycles. The van der Waals surface area contributed by atoms with Crippen molar-refractivity contribution >= 4 is 9.84 Å². The second-order valence-corrected chi connectivity index (χ2v) is 7.32. The summed E-state index contributed by atoms with van der Waals surface area (Å²) < 4.78 is 25.0. The molecule has 0 bridgehead atoms. The summed E-state index contributed by atoms with van der Waals surface area (Å²) in [5, 5.41) is 0. The molecule has 0 radical (unpaired) electrons. The lowest BCUT2D eigenvalue weighted by atomic mass is 10.1. The third-order valence-corrected chi connectivity index (χ3v) is 5.18. The van der Waals surface area contributed by atoms with Crippen molar-refractivity contribution in [1.29, 1.82) is 0 Å². The van der Waals surface area contributed by atoms with E-state index >= 15 is 0 Å². The number of hydrogen-bond donors (Lipinski definition) is 0. The number of rotatable bonds is 4. The molecule has 5 heteroatoms. The number of nitrogens with zero attached hydrogens (tertiary/aromatic N) is 2. The largest absolute Gasteiger partial charge is 0.240 e. The van der Waals surface area contributed by atoms with E-state index in [-0.39, 0.29) is 5.75 Å². The second kappa shape index (κ2) is 6.30. The third kappa shape index (κ3) is 3.63. The SMILES string of the molecule is Cc1ccc(S(=O)(=O)Cc2cc(-c3ccccc3)ncn2)cc1. The van der Waals surface area contributed by atoms with E-state index in [9.17, 15) is 8.42 Å². The van der Waals surface area contributed by atoms with E-state index in [1.807, 2.05) is 37.3 Å². The van der Waals surface area contributed by atoms with Crippen molar-refractivity contribution in [3.05, 3.63) is 78.2 Å². The van der Waals surface area contributed by atoms with Gasteiger partial charge in [-0.3, -0.25) is 0 Å². The van der Waals surface area contributed by atoms with Crippen LogP contribution in [0.1, 0.15) is 11.3 Å². The lowest BCUT2D eigenvalue weighted by Crippen LogP contribution is -2.07. The van der Waals surface area contributed by atoms with Gasteiger partial charge in [0.2, 0.25) is 0 Å². The Morgan fingerprint density at radius 3 is 2.30 bits per heavy atom. The zero-order chi connectivity index (χ0) is 16.3. The Morgan fingerprint density at radius 1 is 0.913 bits per heavy atom. The highest BCUT2D eigenvalue weighted by atomic mass is 32.2. The standard InChI is InChI=1S/C18H16N2O2S/c1-14-7-9-17(10-8-14)23(21,22)12-16-11-18(20-13-19-16)15-5-3-2-4-6-15/h2-11,13H,12H2,1H3. The van der Waals surface area contributed by atoms with Crippen molar-refractivity contribution in [3.63, 3.8) is 0 Å². The molecule has 0 spiro atoms. The summed E-state index contributed by atoms with van der Waals surface area (Å²) in [5.41, 5.74) is 3.16. The first-order chi connectivity index (χ1) is 11.0. The summed E-state index contributed by atoms with van der Waals surface area (Å²) in [5.74, 6) is -0.140. The number of sulfone groups is 1. The van der Waals surface area contributed by atoms with Gasteiger partial charge in [0, 0.05) is 5.56 Å². The number of hydrogen-bond acceptors (Lipinski definition) is 4. The van der Waals surface area contributed by atoms with Crippen LogP contribution in [0.5, 0.6) is 0 Å². The van der Waals surface area contributed by atoms with E-state index in [0.29, 0.717) is 10.6 Å². The third-order valence-electron chi connectivity index (χ3n) is 3.51. The van der Waals surface area contributed by atoms with Gasteiger partial charge in [-0.05, 0) is 25.1 Å². The molecule has 116 valence electrons. The van der Waals surface area contributed by atoms with Crippen molar-refractivity contribution in [1.82, 2.24) is 9.97 Å². The lowest BCUT2D eigenvalue weighted by molar-refractivity contribution is 0.594. The van der Waals surface area contributed by atoms with Gasteiger partial charge in [-0.15, -0.1) is 0 Å². The molecule has 0 saturated heterocycles. The molecule has 0 fully saturated rings. The van der Waals surface area contributed by atoms with Gasteiger partial charge in [0.25, 0.3) is 0 Å². The van der Waals surface area contributed by atoms with Gasteiger partial charge in [-0.1, -0.05) is 48.0 Å². The Hall–Kier alpha value is -2.53. The molecule has 3 rings (SSSR count). The van der Waals surface area contributed by atoms with Crippen molar-refractivity contribution in [3.8, 4) is 11.3 Å². The number of aromatic nitrogens is 2. The van der Waals surface area contributed by atoms with Crippen LogP contribution in [0.3, 0.4) is 0 Å². The highest BCUT2D eigenvalue weighted by Crippen LogP contribution is 2.20. The monoisotopic (exact) mass is 324 g/mol. The summed E-state index contributed by atoms with van der Waals surface area (Å²) in [4.78, 5) is 8.63. The smallest absolute Gasteiger partial charge is 0.184 e. The highest BCUT2D eigenvalue weighted by Gasteiger charge is 2.16. The summed E-state index contributed by atoms with van der Waals surface area (Å²) in [6, 6.07) is 18.2. The van der Waals surface area contributed by atoms with Crippen LogP contribution in [0, 0.1) is 6.92 Å². The summed E-state index contributed by atoms with van der Waals surface area (Å²) >= 11 is 0. The van der Waals surface area contributed by atoms with E-state index < -0.39 is 9.84 Å². The first-order valence-electron chi connectivity index (χ1n) is 7.20. The van der Waals surface area contributed by atoms with Gasteiger partial charge in [-0.2, -0.15) is 0 Å². The van der Waals surface area contributed by atoms with Gasteiger partial charge >= 0.3 is 0 Å². The minimum Gasteiger partial charge on any atom is -0.240 e. The predicted octanol–water partition coefficient (Wildman–Crippen LogP) is 3.43. The fourth-order valence-corrected chi connectivity index (χ4v) is 3.53. The Morgan fingerprint density at radius 2 is 1.61 bits per heavy atom. The van der Waals surface area contributed by atoms with Crippen LogP contribution in [-0.2, 0) is 15.6 Å². The molecular weight excluding hydrogens is 308 g/mol. The van der Waals surface area contributed by atoms with Crippen molar-refractivity contribution < 1.29 is 8.42 Å². The molecule has 0 aliphatic carbocycles. The van der Waals surface area contributed by atoms with Crippen LogP contribution in [-0.4, -0.2) is 18.4 Å². The van der Waals surface area contributed by atoms with E-state index in [1.54, 1.807) is 30.3 Å². The second-order valence-electron chi connectivity index (χ2n) is 5.33. The molecule has 4 nitrogen and oxygen atoms in total. The minimum atomic E-state index is -3.42. The summed E-state index contributed by atoms with van der Waals surface area (Å²) in [6.45, 7) is 1.92. The topological polar surface area (TPSA) is 59.9 Å². The predicted molar refractivity (Wildman–Crippen MR) is 89.5 cm³/mol. The maximum atomic E-state index is 12.5. The van der Waals surface area contributed by atoms with Crippen molar-refractivity contribution in [2.45, 2.75) is 17.6 Å². The minimum absolute atomic E-state index is 0.140. The molecule has 0 aliphatic heterocycles. The van der Waals surface area contributed by atoms with Gasteiger partial charge in [-0.25, -0.2) is 18.4 Å². The van der Waals surface area contributed by atoms with Crippen LogP contribution in [0.2, 0.25) is 0 Å². The molecule has 23 heavy (non-hydrogen) atoms. The van der Waals surface area contributed by atoms with Crippen LogP contribution >= 0.6 is 0 Å². The Kier molecular flexibility index (Phi) is 4.21. The molecule has 0 aliphatic rings. The quantitative estimate of drug-likeness (QED) is 0.738. The number of benzene rings is 2. The lowest BCUT2D eigenvalue weighted by Gasteiger charge is -2.06. The first kappa shape index (κ1) is 15.4. The fourth-order valence-electron chi connectivity index (χ4n) is 2.27. The number of aryl methyl sites for hydroxylation is 1. The van der Waals surface area contributed by atoms with Gasteiger partial charge in [0.05, 0.1) is 22.0 Å². The van der Waals surface area contributed by atoms with E-state index in [0.717, 1.165) is 16.8 Å². The van der Waals surface area contributed by atoms with Crippen molar-refractivity contribution in [2.75, 3.05) is 0 Å². The Labute approximate surface area is 135 Å². The van der Waals surface area contributed by atoms with E-state index in [4.69, 9.17) is 0 Å². The molecule has 0 N–H and O–H groups in total. The molecule has 0 atom stereocenters. The average Bonchev–Trinajstić information content (AvgIpc) is 2.56. The molecule has 1 aromatic heterocycles. The first-order valence-corrected chi connectivity index (χ1v) is 8.85. The summed E-state index contributed by atoms with van der Waals surface area (Å²) in [7, 11) is -3.42. The maximum Gasteiger partial charge on any atom is 0.184 e. The molecule has 0 unspecified atom stereocenters. The maximum absolute atomic E-state index is 12.5. The van der Waals surface area contributed by atoms with Crippen LogP contribution < -0.4 is 0 Å². The fraction of sp³-hybridized carbons (Fsp3) is 0.111. The molecule has 2 aromatic carbocycles. The van der Waals surface area contributed by atoms with Crippen LogP contribution in [0.25, 0.3) is 11.3 Å². The van der Waals surface area contributed by atoms with Crippen molar-refractivity contribution in [2.24, 2.45) is 0 Å². The zero-order valence-corrected chi connectivity index (χ0v) is 13.5. The Bertz CT molecular complexity index is 905. The highest BCUT2D eigenvalue weighted by molar-refractivity contribution is 7.90. The molecule has 3 aromatic rings. The molecule has 0 amide bonds. The average molecular weight is 324 g/mol. The van der Waals surface area contributed by atoms with Crippen LogP contribution in [0.4, 0.5) is 0 Å². The normalized spacial score (nSPS) is 11.3. The van der Waals surface area contributed by atoms with E-state index in [2.05, 4.69) is 9.97 Å². The van der Waals surface area contributed by atoms with Gasteiger partial charge in [0.15, 0.2) is 9.84 Å². The van der Waals surface area contributed by atoms with Gasteiger partial charge < -0.3 is 0 Å². The van der Waals surface area contributed by atoms with Gasteiger partial charge in [0.1, 0.15) is 6.33 Å². The van der Waals surface area contributed by atoms with Crippen LogP contribution in [0.15, 0.2) is 71.9 Å². The summed E-state index contributed by atoms with van der Waals surface area (Å²) in [6.07, 6.45) is 1.41. The molecular formula is C18H16N2O2S. The Balaban J connectivity index is 1.90.